The molecule has 1 aromatic carbocycles. The van der Waals surface area contributed by atoms with Crippen molar-refractivity contribution in [1.82, 2.24) is 4.98 Å². The minimum atomic E-state index is 0.411. The van der Waals surface area contributed by atoms with Crippen LogP contribution in [-0.2, 0) is 13.2 Å². The average Bonchev–Trinajstić information content (AvgIpc) is 2.45. The molecule has 0 radical (unpaired) electrons. The molecule has 0 fully saturated rings. The molecule has 4 heteroatoms. The summed E-state index contributed by atoms with van der Waals surface area (Å²) in [6.45, 7) is 0.869. The molecule has 0 saturated heterocycles. The molecule has 4 nitrogen and oxygen atoms in total. The van der Waals surface area contributed by atoms with Crippen molar-refractivity contribution in [3.05, 3.63) is 53.7 Å². The maximum absolute atomic E-state index is 5.76. The largest absolute Gasteiger partial charge is 0.488 e. The van der Waals surface area contributed by atoms with Crippen LogP contribution in [0, 0.1) is 0 Å². The van der Waals surface area contributed by atoms with Crippen LogP contribution in [-0.4, -0.2) is 12.1 Å². The molecule has 0 amide bonds. The van der Waals surface area contributed by atoms with E-state index in [1.54, 1.807) is 13.3 Å². The zero-order valence-corrected chi connectivity index (χ0v) is 10.3. The second-order valence-electron chi connectivity index (χ2n) is 3.77. The van der Waals surface area contributed by atoms with Gasteiger partial charge in [0.2, 0.25) is 5.88 Å². The number of benzene rings is 1. The summed E-state index contributed by atoms with van der Waals surface area (Å²) >= 11 is 0. The van der Waals surface area contributed by atoms with Crippen LogP contribution in [0.25, 0.3) is 0 Å². The highest BCUT2D eigenvalue weighted by atomic mass is 16.5. The lowest BCUT2D eigenvalue weighted by Crippen LogP contribution is -2.04. The fourth-order valence-corrected chi connectivity index (χ4v) is 1.69. The third-order valence-corrected chi connectivity index (χ3v) is 2.62. The van der Waals surface area contributed by atoms with Gasteiger partial charge in [-0.2, -0.15) is 0 Å². The maximum Gasteiger partial charge on any atom is 0.219 e. The van der Waals surface area contributed by atoms with Gasteiger partial charge in [0.1, 0.15) is 12.4 Å². The number of rotatable bonds is 5. The molecule has 0 aliphatic heterocycles. The molecule has 0 aliphatic carbocycles. The molecule has 0 saturated carbocycles. The van der Waals surface area contributed by atoms with Crippen molar-refractivity contribution < 1.29 is 9.47 Å². The molecular weight excluding hydrogens is 228 g/mol. The SMILES string of the molecule is COc1ncccc1COc1ccccc1CN. The van der Waals surface area contributed by atoms with Gasteiger partial charge in [-0.05, 0) is 18.2 Å². The maximum atomic E-state index is 5.76. The molecule has 1 heterocycles. The molecule has 94 valence electrons. The molecular formula is C14H16N2O2. The molecule has 18 heavy (non-hydrogen) atoms. The van der Waals surface area contributed by atoms with Gasteiger partial charge < -0.3 is 15.2 Å². The molecule has 0 bridgehead atoms. The minimum Gasteiger partial charge on any atom is -0.488 e. The van der Waals surface area contributed by atoms with Crippen molar-refractivity contribution in [3.63, 3.8) is 0 Å². The Morgan fingerprint density at radius 2 is 1.89 bits per heavy atom. The van der Waals surface area contributed by atoms with Crippen LogP contribution < -0.4 is 15.2 Å². The number of methoxy groups -OCH3 is 1. The summed E-state index contributed by atoms with van der Waals surface area (Å²) in [4.78, 5) is 4.13. The van der Waals surface area contributed by atoms with Gasteiger partial charge in [0, 0.05) is 18.3 Å². The van der Waals surface area contributed by atoms with E-state index in [0.29, 0.717) is 19.0 Å². The van der Waals surface area contributed by atoms with Crippen LogP contribution in [0.5, 0.6) is 11.6 Å². The lowest BCUT2D eigenvalue weighted by Gasteiger charge is -2.11. The fraction of sp³-hybridized carbons (Fsp3) is 0.214. The van der Waals surface area contributed by atoms with Gasteiger partial charge in [0.05, 0.1) is 12.7 Å². The van der Waals surface area contributed by atoms with Crippen molar-refractivity contribution >= 4 is 0 Å². The Morgan fingerprint density at radius 1 is 1.11 bits per heavy atom. The Labute approximate surface area is 106 Å². The van der Waals surface area contributed by atoms with Crippen LogP contribution in [0.4, 0.5) is 0 Å². The molecule has 0 aliphatic rings. The zero-order chi connectivity index (χ0) is 12.8. The number of nitrogens with two attached hydrogens (primary N) is 1. The zero-order valence-electron chi connectivity index (χ0n) is 10.3. The quantitative estimate of drug-likeness (QED) is 0.875. The van der Waals surface area contributed by atoms with Crippen LogP contribution in [0.1, 0.15) is 11.1 Å². The van der Waals surface area contributed by atoms with E-state index >= 15 is 0 Å². The molecule has 2 rings (SSSR count). The normalized spacial score (nSPS) is 10.1. The second-order valence-corrected chi connectivity index (χ2v) is 3.77. The number of hydrogen-bond acceptors (Lipinski definition) is 4. The van der Waals surface area contributed by atoms with Gasteiger partial charge in [-0.15, -0.1) is 0 Å². The molecule has 0 atom stereocenters. The number of aromatic nitrogens is 1. The Morgan fingerprint density at radius 3 is 2.67 bits per heavy atom. The van der Waals surface area contributed by atoms with Gasteiger partial charge in [-0.3, -0.25) is 0 Å². The van der Waals surface area contributed by atoms with E-state index in [1.165, 1.54) is 0 Å². The van der Waals surface area contributed by atoms with Gasteiger partial charge in [0.15, 0.2) is 0 Å². The summed E-state index contributed by atoms with van der Waals surface area (Å²) in [7, 11) is 1.60. The van der Waals surface area contributed by atoms with E-state index < -0.39 is 0 Å². The summed E-state index contributed by atoms with van der Waals surface area (Å²) < 4.78 is 10.9. The highest BCUT2D eigenvalue weighted by Gasteiger charge is 2.06. The first-order valence-corrected chi connectivity index (χ1v) is 5.74. The predicted octanol–water partition coefficient (Wildman–Crippen LogP) is 2.13. The van der Waals surface area contributed by atoms with Crippen LogP contribution in [0.3, 0.4) is 0 Å². The third kappa shape index (κ3) is 2.78. The Kier molecular flexibility index (Phi) is 4.15. The van der Waals surface area contributed by atoms with Gasteiger partial charge in [-0.25, -0.2) is 4.98 Å². The monoisotopic (exact) mass is 244 g/mol. The highest BCUT2D eigenvalue weighted by Crippen LogP contribution is 2.21. The molecule has 0 unspecified atom stereocenters. The summed E-state index contributed by atoms with van der Waals surface area (Å²) in [5, 5.41) is 0. The fourth-order valence-electron chi connectivity index (χ4n) is 1.69. The van der Waals surface area contributed by atoms with Crippen LogP contribution in [0.2, 0.25) is 0 Å². The summed E-state index contributed by atoms with van der Waals surface area (Å²) in [5.41, 5.74) is 7.55. The number of ether oxygens (including phenoxy) is 2. The molecule has 1 aromatic heterocycles. The Hall–Kier alpha value is -2.07. The third-order valence-electron chi connectivity index (χ3n) is 2.62. The van der Waals surface area contributed by atoms with Crippen molar-refractivity contribution in [3.8, 4) is 11.6 Å². The summed E-state index contributed by atoms with van der Waals surface area (Å²) in [5.74, 6) is 1.38. The predicted molar refractivity (Wildman–Crippen MR) is 69.5 cm³/mol. The topological polar surface area (TPSA) is 57.4 Å². The Balaban J connectivity index is 2.11. The van der Waals surface area contributed by atoms with Gasteiger partial charge >= 0.3 is 0 Å². The number of nitrogens with zero attached hydrogens (tertiary/aromatic N) is 1. The standard InChI is InChI=1S/C14H16N2O2/c1-17-14-12(6-4-8-16-14)10-18-13-7-3-2-5-11(13)9-15/h2-8H,9-10,15H2,1H3. The summed E-state index contributed by atoms with van der Waals surface area (Å²) in [6, 6.07) is 11.5. The lowest BCUT2D eigenvalue weighted by molar-refractivity contribution is 0.291. The number of pyridine rings is 1. The Bertz CT molecular complexity index is 467. The van der Waals surface area contributed by atoms with E-state index in [4.69, 9.17) is 15.2 Å². The van der Waals surface area contributed by atoms with E-state index in [-0.39, 0.29) is 0 Å². The van der Waals surface area contributed by atoms with Crippen LogP contribution in [0.15, 0.2) is 42.6 Å². The number of hydrogen-bond donors (Lipinski definition) is 1. The summed E-state index contributed by atoms with van der Waals surface area (Å²) in [6.07, 6.45) is 1.69. The van der Waals surface area contributed by atoms with E-state index in [9.17, 15) is 0 Å². The van der Waals surface area contributed by atoms with Crippen molar-refractivity contribution in [2.75, 3.05) is 7.11 Å². The average molecular weight is 244 g/mol. The van der Waals surface area contributed by atoms with Crippen LogP contribution >= 0.6 is 0 Å². The van der Waals surface area contributed by atoms with E-state index in [1.807, 2.05) is 36.4 Å². The smallest absolute Gasteiger partial charge is 0.219 e. The number of para-hydroxylation sites is 1. The first-order valence-electron chi connectivity index (χ1n) is 5.74. The molecule has 2 aromatic rings. The van der Waals surface area contributed by atoms with Crippen molar-refractivity contribution in [1.29, 1.82) is 0 Å². The lowest BCUT2D eigenvalue weighted by atomic mass is 10.2. The first kappa shape index (κ1) is 12.4. The van der Waals surface area contributed by atoms with E-state index in [2.05, 4.69) is 4.98 Å². The van der Waals surface area contributed by atoms with Gasteiger partial charge in [-0.1, -0.05) is 18.2 Å². The van der Waals surface area contributed by atoms with Crippen molar-refractivity contribution in [2.24, 2.45) is 5.73 Å². The van der Waals surface area contributed by atoms with Crippen molar-refractivity contribution in [2.45, 2.75) is 13.2 Å². The second kappa shape index (κ2) is 6.02. The van der Waals surface area contributed by atoms with Gasteiger partial charge in [0.25, 0.3) is 0 Å². The molecule has 2 N–H and O–H groups in total. The first-order chi connectivity index (χ1) is 8.85. The molecule has 0 spiro atoms. The minimum absolute atomic E-state index is 0.411. The highest BCUT2D eigenvalue weighted by molar-refractivity contribution is 5.34. The van der Waals surface area contributed by atoms with E-state index in [0.717, 1.165) is 16.9 Å².